The first-order valence-corrected chi connectivity index (χ1v) is 5.12. The molecule has 1 aromatic heterocycles. The topological polar surface area (TPSA) is 30.7 Å². The first-order valence-electron chi connectivity index (χ1n) is 4.15. The number of halogens is 1. The summed E-state index contributed by atoms with van der Waals surface area (Å²) in [5, 5.41) is 8.28. The molecule has 0 saturated heterocycles. The molecule has 12 heavy (non-hydrogen) atoms. The summed E-state index contributed by atoms with van der Waals surface area (Å²) >= 11 is 2.26. The lowest BCUT2D eigenvalue weighted by atomic mass is 10.2. The van der Waals surface area contributed by atoms with Gasteiger partial charge in [0.25, 0.3) is 0 Å². The van der Waals surface area contributed by atoms with Crippen molar-refractivity contribution in [2.45, 2.75) is 39.5 Å². The predicted molar refractivity (Wildman–Crippen MR) is 57.6 cm³/mol. The van der Waals surface area contributed by atoms with Crippen molar-refractivity contribution in [3.63, 3.8) is 0 Å². The van der Waals surface area contributed by atoms with Crippen LogP contribution in [0.15, 0.2) is 0 Å². The molecule has 0 radical (unpaired) electrons. The van der Waals surface area contributed by atoms with Gasteiger partial charge in [-0.2, -0.15) is 0 Å². The zero-order chi connectivity index (χ0) is 9.30. The van der Waals surface area contributed by atoms with E-state index in [1.165, 1.54) is 0 Å². The van der Waals surface area contributed by atoms with Gasteiger partial charge in [-0.05, 0) is 0 Å². The van der Waals surface area contributed by atoms with Gasteiger partial charge in [-0.25, -0.2) is 0 Å². The molecule has 0 saturated carbocycles. The van der Waals surface area contributed by atoms with Crippen LogP contribution in [-0.2, 0) is 0 Å². The third kappa shape index (κ3) is 1.78. The van der Waals surface area contributed by atoms with Gasteiger partial charge in [0.05, 0.1) is 22.9 Å². The van der Waals surface area contributed by atoms with Gasteiger partial charge >= 0.3 is 0 Å². The first kappa shape index (κ1) is 9.95. The predicted octanol–water partition coefficient (Wildman–Crippen LogP) is 2.72. The van der Waals surface area contributed by atoms with Crippen LogP contribution < -0.4 is 0 Å². The van der Waals surface area contributed by atoms with E-state index in [9.17, 15) is 0 Å². The van der Waals surface area contributed by atoms with Crippen LogP contribution in [0.3, 0.4) is 0 Å². The van der Waals surface area contributed by atoms with E-state index in [1.54, 1.807) is 0 Å². The second-order valence-electron chi connectivity index (χ2n) is 3.51. The second kappa shape index (κ2) is 3.72. The molecular formula is C8H14IN3. The van der Waals surface area contributed by atoms with Crippen molar-refractivity contribution >= 4 is 22.9 Å². The van der Waals surface area contributed by atoms with Gasteiger partial charge in [0, 0.05) is 11.8 Å². The van der Waals surface area contributed by atoms with E-state index in [4.69, 9.17) is 0 Å². The minimum atomic E-state index is 0.446. The highest BCUT2D eigenvalue weighted by Crippen LogP contribution is 2.20. The van der Waals surface area contributed by atoms with Crippen LogP contribution >= 0.6 is 22.9 Å². The maximum Gasteiger partial charge on any atom is 0.144 e. The fourth-order valence-corrected chi connectivity index (χ4v) is 2.29. The molecule has 1 heterocycles. The van der Waals surface area contributed by atoms with Crippen LogP contribution in [0.2, 0.25) is 0 Å². The van der Waals surface area contributed by atoms with Crippen LogP contribution in [0.5, 0.6) is 0 Å². The van der Waals surface area contributed by atoms with Crippen LogP contribution in [0.1, 0.15) is 51.2 Å². The molecule has 68 valence electrons. The van der Waals surface area contributed by atoms with Gasteiger partial charge in [0.2, 0.25) is 0 Å². The van der Waals surface area contributed by atoms with Crippen molar-refractivity contribution in [2.24, 2.45) is 0 Å². The Labute approximate surface area is 87.1 Å². The molecule has 0 bridgehead atoms. The lowest BCUT2D eigenvalue weighted by molar-refractivity contribution is 0.760. The molecule has 0 atom stereocenters. The molecule has 4 heteroatoms. The normalized spacial score (nSPS) is 11.6. The fourth-order valence-electron chi connectivity index (χ4n) is 0.983. The van der Waals surface area contributed by atoms with Crippen LogP contribution in [0.25, 0.3) is 0 Å². The smallest absolute Gasteiger partial charge is 0.144 e. The molecule has 1 rings (SSSR count). The summed E-state index contributed by atoms with van der Waals surface area (Å²) in [5.74, 6) is 3.00. The lowest BCUT2D eigenvalue weighted by Gasteiger charge is -2.05. The number of aromatic nitrogens is 3. The largest absolute Gasteiger partial charge is 0.253 e. The van der Waals surface area contributed by atoms with Gasteiger partial charge in [0.1, 0.15) is 11.6 Å². The standard InChI is InChI=1S/C8H14IN3/c1-5(2)7-10-11-8(6(3)4)12(7)9/h5-6H,1-4H3. The Hall–Kier alpha value is -0.130. The van der Waals surface area contributed by atoms with E-state index in [2.05, 4.69) is 63.5 Å². The maximum atomic E-state index is 4.14. The molecule has 0 aliphatic heterocycles. The summed E-state index contributed by atoms with van der Waals surface area (Å²) in [6, 6.07) is 0. The lowest BCUT2D eigenvalue weighted by Crippen LogP contribution is -1.99. The number of rotatable bonds is 2. The Morgan fingerprint density at radius 3 is 1.50 bits per heavy atom. The van der Waals surface area contributed by atoms with E-state index < -0.39 is 0 Å². The summed E-state index contributed by atoms with van der Waals surface area (Å²) in [5.41, 5.74) is 0. The summed E-state index contributed by atoms with van der Waals surface area (Å²) in [7, 11) is 0. The van der Waals surface area contributed by atoms with Crippen LogP contribution in [0, 0.1) is 0 Å². The third-order valence-corrected chi connectivity index (χ3v) is 2.68. The minimum absolute atomic E-state index is 0.446. The van der Waals surface area contributed by atoms with E-state index in [-0.39, 0.29) is 0 Å². The molecule has 0 aliphatic carbocycles. The monoisotopic (exact) mass is 279 g/mol. The highest BCUT2D eigenvalue weighted by Gasteiger charge is 2.14. The zero-order valence-electron chi connectivity index (χ0n) is 7.87. The van der Waals surface area contributed by atoms with E-state index in [1.807, 2.05) is 0 Å². The Balaban J connectivity index is 3.04. The zero-order valence-corrected chi connectivity index (χ0v) is 10.0. The number of hydrogen-bond acceptors (Lipinski definition) is 2. The molecule has 0 N–H and O–H groups in total. The van der Waals surface area contributed by atoms with Crippen molar-refractivity contribution < 1.29 is 0 Å². The molecule has 3 nitrogen and oxygen atoms in total. The van der Waals surface area contributed by atoms with Gasteiger partial charge < -0.3 is 0 Å². The Kier molecular flexibility index (Phi) is 3.09. The van der Waals surface area contributed by atoms with Gasteiger partial charge in [-0.15, -0.1) is 10.2 Å². The highest BCUT2D eigenvalue weighted by atomic mass is 127. The van der Waals surface area contributed by atoms with Crippen molar-refractivity contribution in [2.75, 3.05) is 0 Å². The molecule has 0 unspecified atom stereocenters. The minimum Gasteiger partial charge on any atom is -0.253 e. The number of hydrogen-bond donors (Lipinski definition) is 0. The molecule has 1 aromatic rings. The summed E-state index contributed by atoms with van der Waals surface area (Å²) in [4.78, 5) is 0. The van der Waals surface area contributed by atoms with Crippen molar-refractivity contribution in [1.82, 2.24) is 13.0 Å². The molecular weight excluding hydrogens is 265 g/mol. The van der Waals surface area contributed by atoms with E-state index in [0.717, 1.165) is 11.6 Å². The summed E-state index contributed by atoms with van der Waals surface area (Å²) in [6.45, 7) is 8.51. The Morgan fingerprint density at radius 2 is 1.33 bits per heavy atom. The average Bonchev–Trinajstić information content (AvgIpc) is 2.30. The SMILES string of the molecule is CC(C)c1nnc(C(C)C)n1I. The van der Waals surface area contributed by atoms with Crippen LogP contribution in [0.4, 0.5) is 0 Å². The van der Waals surface area contributed by atoms with Crippen LogP contribution in [-0.4, -0.2) is 13.0 Å². The maximum absolute atomic E-state index is 4.14. The quantitative estimate of drug-likeness (QED) is 0.779. The molecule has 0 fully saturated rings. The fraction of sp³-hybridized carbons (Fsp3) is 0.750. The summed E-state index contributed by atoms with van der Waals surface area (Å²) < 4.78 is 2.06. The molecule has 0 spiro atoms. The molecule has 0 aliphatic rings. The third-order valence-electron chi connectivity index (χ3n) is 1.69. The van der Waals surface area contributed by atoms with E-state index in [0.29, 0.717) is 11.8 Å². The highest BCUT2D eigenvalue weighted by molar-refractivity contribution is 14.1. The average molecular weight is 279 g/mol. The van der Waals surface area contributed by atoms with Gasteiger partial charge in [0.15, 0.2) is 0 Å². The molecule has 0 aromatic carbocycles. The summed E-state index contributed by atoms with van der Waals surface area (Å²) in [6.07, 6.45) is 0. The van der Waals surface area contributed by atoms with Crippen molar-refractivity contribution in [1.29, 1.82) is 0 Å². The second-order valence-corrected chi connectivity index (χ2v) is 4.47. The Morgan fingerprint density at radius 1 is 1.00 bits per heavy atom. The van der Waals surface area contributed by atoms with Gasteiger partial charge in [-0.3, -0.25) is 2.78 Å². The van der Waals surface area contributed by atoms with Crippen molar-refractivity contribution in [3.8, 4) is 0 Å². The van der Waals surface area contributed by atoms with E-state index >= 15 is 0 Å². The number of nitrogens with zero attached hydrogens (tertiary/aromatic N) is 3. The van der Waals surface area contributed by atoms with Gasteiger partial charge in [-0.1, -0.05) is 27.7 Å². The first-order chi connectivity index (χ1) is 5.54. The van der Waals surface area contributed by atoms with Crippen molar-refractivity contribution in [3.05, 3.63) is 11.6 Å². The molecule has 0 amide bonds. The Bertz CT molecular complexity index is 240.